The molecule has 130 valence electrons. The molecule has 0 heterocycles. The molecule has 0 unspecified atom stereocenters. The van der Waals surface area contributed by atoms with Crippen LogP contribution in [-0.2, 0) is 16.6 Å². The quantitative estimate of drug-likeness (QED) is 0.868. The van der Waals surface area contributed by atoms with E-state index in [1.54, 1.807) is 31.4 Å². The molecule has 2 rings (SSSR count). The van der Waals surface area contributed by atoms with E-state index >= 15 is 0 Å². The maximum absolute atomic E-state index is 12.3. The Bertz CT molecular complexity index is 760. The van der Waals surface area contributed by atoms with Gasteiger partial charge in [0.1, 0.15) is 17.1 Å². The first kappa shape index (κ1) is 18.3. The van der Waals surface area contributed by atoms with Crippen LogP contribution in [0, 0.1) is 0 Å². The van der Waals surface area contributed by atoms with Gasteiger partial charge in [-0.25, -0.2) is 13.1 Å². The summed E-state index contributed by atoms with van der Waals surface area (Å²) >= 11 is 0. The minimum atomic E-state index is -3.57. The first-order valence-corrected chi connectivity index (χ1v) is 9.10. The Hall–Kier alpha value is -2.05. The summed E-state index contributed by atoms with van der Waals surface area (Å²) in [5.41, 5.74) is 0.527. The molecule has 0 aliphatic rings. The monoisotopic (exact) mass is 349 g/mol. The average Bonchev–Trinajstić information content (AvgIpc) is 2.52. The second kappa shape index (κ2) is 7.23. The molecule has 0 saturated carbocycles. The molecule has 0 spiro atoms. The normalized spacial score (nSPS) is 12.0. The van der Waals surface area contributed by atoms with Gasteiger partial charge in [0.15, 0.2) is 0 Å². The van der Waals surface area contributed by atoms with Gasteiger partial charge in [-0.2, -0.15) is 0 Å². The third-order valence-electron chi connectivity index (χ3n) is 3.18. The van der Waals surface area contributed by atoms with E-state index in [-0.39, 0.29) is 17.0 Å². The first-order valence-electron chi connectivity index (χ1n) is 7.61. The molecule has 0 aliphatic heterocycles. The predicted molar refractivity (Wildman–Crippen MR) is 93.8 cm³/mol. The fourth-order valence-electron chi connectivity index (χ4n) is 2.05. The van der Waals surface area contributed by atoms with E-state index < -0.39 is 10.0 Å². The van der Waals surface area contributed by atoms with Crippen LogP contribution in [0.25, 0.3) is 0 Å². The molecule has 0 aliphatic carbocycles. The van der Waals surface area contributed by atoms with Crippen molar-refractivity contribution < 1.29 is 17.9 Å². The highest BCUT2D eigenvalue weighted by molar-refractivity contribution is 7.89. The van der Waals surface area contributed by atoms with E-state index in [0.29, 0.717) is 5.75 Å². The van der Waals surface area contributed by atoms with Crippen molar-refractivity contribution in [3.63, 3.8) is 0 Å². The first-order chi connectivity index (χ1) is 11.2. The van der Waals surface area contributed by atoms with Gasteiger partial charge < -0.3 is 9.47 Å². The standard InChI is InChI=1S/C18H23NO4S/c1-18(2,3)23-16-9-11-17(12-10-16)24(20,21)19-13-14-5-7-15(22-4)8-6-14/h5-12,19H,13H2,1-4H3. The lowest BCUT2D eigenvalue weighted by atomic mass is 10.2. The predicted octanol–water partition coefficient (Wildman–Crippen LogP) is 3.35. The molecule has 1 N–H and O–H groups in total. The number of sulfonamides is 1. The summed E-state index contributed by atoms with van der Waals surface area (Å²) in [4.78, 5) is 0.206. The second-order valence-electron chi connectivity index (χ2n) is 6.36. The maximum Gasteiger partial charge on any atom is 0.240 e. The Kier molecular flexibility index (Phi) is 5.51. The van der Waals surface area contributed by atoms with Crippen LogP contribution in [0.4, 0.5) is 0 Å². The molecule has 0 saturated heterocycles. The molecule has 6 heteroatoms. The molecule has 0 bridgehead atoms. The maximum atomic E-state index is 12.3. The SMILES string of the molecule is COc1ccc(CNS(=O)(=O)c2ccc(OC(C)(C)C)cc2)cc1. The van der Waals surface area contributed by atoms with Crippen LogP contribution in [-0.4, -0.2) is 21.1 Å². The molecule has 0 aromatic heterocycles. The van der Waals surface area contributed by atoms with Crippen LogP contribution in [0.15, 0.2) is 53.4 Å². The van der Waals surface area contributed by atoms with Crippen molar-refractivity contribution in [3.05, 3.63) is 54.1 Å². The summed E-state index contributed by atoms with van der Waals surface area (Å²) < 4.78 is 38.1. The second-order valence-corrected chi connectivity index (χ2v) is 8.13. The third-order valence-corrected chi connectivity index (χ3v) is 4.60. The van der Waals surface area contributed by atoms with Crippen molar-refractivity contribution >= 4 is 10.0 Å². The van der Waals surface area contributed by atoms with Gasteiger partial charge in [0, 0.05) is 6.54 Å². The number of hydrogen-bond donors (Lipinski definition) is 1. The third kappa shape index (κ3) is 5.25. The zero-order valence-electron chi connectivity index (χ0n) is 14.4. The van der Waals surface area contributed by atoms with E-state index in [9.17, 15) is 8.42 Å². The molecular weight excluding hydrogens is 326 g/mol. The van der Waals surface area contributed by atoms with E-state index in [0.717, 1.165) is 11.3 Å². The molecular formula is C18H23NO4S. The Labute approximate surface area is 143 Å². The van der Waals surface area contributed by atoms with E-state index in [1.807, 2.05) is 32.9 Å². The van der Waals surface area contributed by atoms with Crippen molar-refractivity contribution in [2.75, 3.05) is 7.11 Å². The van der Waals surface area contributed by atoms with Gasteiger partial charge in [0.25, 0.3) is 0 Å². The summed E-state index contributed by atoms with van der Waals surface area (Å²) in [5, 5.41) is 0. The van der Waals surface area contributed by atoms with Crippen LogP contribution < -0.4 is 14.2 Å². The van der Waals surface area contributed by atoms with Gasteiger partial charge >= 0.3 is 0 Å². The van der Waals surface area contributed by atoms with Crippen LogP contribution in [0.2, 0.25) is 0 Å². The molecule has 2 aromatic rings. The fraction of sp³-hybridized carbons (Fsp3) is 0.333. The summed E-state index contributed by atoms with van der Waals surface area (Å²) in [5.74, 6) is 1.37. The number of nitrogens with one attached hydrogen (secondary N) is 1. The van der Waals surface area contributed by atoms with E-state index in [4.69, 9.17) is 9.47 Å². The molecule has 5 nitrogen and oxygen atoms in total. The number of rotatable bonds is 6. The van der Waals surface area contributed by atoms with Crippen molar-refractivity contribution in [2.24, 2.45) is 0 Å². The van der Waals surface area contributed by atoms with Gasteiger partial charge in [-0.15, -0.1) is 0 Å². The van der Waals surface area contributed by atoms with Crippen molar-refractivity contribution in [1.82, 2.24) is 4.72 Å². The van der Waals surface area contributed by atoms with Crippen LogP contribution >= 0.6 is 0 Å². The minimum absolute atomic E-state index is 0.206. The molecule has 2 aromatic carbocycles. The molecule has 0 fully saturated rings. The van der Waals surface area contributed by atoms with Crippen molar-refractivity contribution in [1.29, 1.82) is 0 Å². The Morgan fingerprint density at radius 2 is 1.46 bits per heavy atom. The van der Waals surface area contributed by atoms with Crippen molar-refractivity contribution in [2.45, 2.75) is 37.8 Å². The summed E-state index contributed by atoms with van der Waals surface area (Å²) in [7, 11) is -1.98. The number of hydrogen-bond acceptors (Lipinski definition) is 4. The van der Waals surface area contributed by atoms with Gasteiger partial charge in [-0.1, -0.05) is 12.1 Å². The highest BCUT2D eigenvalue weighted by atomic mass is 32.2. The van der Waals surface area contributed by atoms with Gasteiger partial charge in [0.2, 0.25) is 10.0 Å². The molecule has 0 atom stereocenters. The van der Waals surface area contributed by atoms with Crippen LogP contribution in [0.1, 0.15) is 26.3 Å². The summed E-state index contributed by atoms with van der Waals surface area (Å²) in [6.45, 7) is 6.03. The molecule has 24 heavy (non-hydrogen) atoms. The van der Waals surface area contributed by atoms with Gasteiger partial charge in [-0.3, -0.25) is 0 Å². The molecule has 0 radical (unpaired) electrons. The summed E-state index contributed by atoms with van der Waals surface area (Å²) in [6.07, 6.45) is 0. The highest BCUT2D eigenvalue weighted by Crippen LogP contribution is 2.20. The number of benzene rings is 2. The number of ether oxygens (including phenoxy) is 2. The Balaban J connectivity index is 2.03. The topological polar surface area (TPSA) is 64.6 Å². The zero-order valence-corrected chi connectivity index (χ0v) is 15.2. The van der Waals surface area contributed by atoms with Crippen LogP contribution in [0.3, 0.4) is 0 Å². The Morgan fingerprint density at radius 1 is 0.917 bits per heavy atom. The largest absolute Gasteiger partial charge is 0.497 e. The molecule has 0 amide bonds. The number of methoxy groups -OCH3 is 1. The zero-order chi connectivity index (χ0) is 17.8. The lowest BCUT2D eigenvalue weighted by molar-refractivity contribution is 0.131. The fourth-order valence-corrected chi connectivity index (χ4v) is 3.06. The lowest BCUT2D eigenvalue weighted by Crippen LogP contribution is -2.24. The average molecular weight is 349 g/mol. The summed E-state index contributed by atoms with van der Waals surface area (Å²) in [6, 6.07) is 13.6. The highest BCUT2D eigenvalue weighted by Gasteiger charge is 2.16. The van der Waals surface area contributed by atoms with Gasteiger partial charge in [-0.05, 0) is 62.7 Å². The van der Waals surface area contributed by atoms with E-state index in [1.165, 1.54) is 12.1 Å². The van der Waals surface area contributed by atoms with Crippen LogP contribution in [0.5, 0.6) is 11.5 Å². The smallest absolute Gasteiger partial charge is 0.240 e. The van der Waals surface area contributed by atoms with E-state index in [2.05, 4.69) is 4.72 Å². The van der Waals surface area contributed by atoms with Crippen molar-refractivity contribution in [3.8, 4) is 11.5 Å². The minimum Gasteiger partial charge on any atom is -0.497 e. The van der Waals surface area contributed by atoms with Gasteiger partial charge in [0.05, 0.1) is 12.0 Å². The lowest BCUT2D eigenvalue weighted by Gasteiger charge is -2.21. The Morgan fingerprint density at radius 3 is 1.96 bits per heavy atom.